The lowest BCUT2D eigenvalue weighted by atomic mass is 10.0. The first-order chi connectivity index (χ1) is 21.4. The SMILES string of the molecule is Cc1ccc2c3ccccc3n(-c3cc(C#N)cc(-n4c5ccccc5c5ccc(C)cc54)c3-c3nc(C)cc(C)n3)c2c1. The number of hydrogen-bond acceptors (Lipinski definition) is 3. The first-order valence-corrected chi connectivity index (χ1v) is 14.8. The highest BCUT2D eigenvalue weighted by molar-refractivity contribution is 6.12. The first kappa shape index (κ1) is 25.9. The van der Waals surface area contributed by atoms with Crippen molar-refractivity contribution in [1.82, 2.24) is 19.1 Å². The monoisotopic (exact) mass is 567 g/mol. The van der Waals surface area contributed by atoms with Gasteiger partial charge in [-0.3, -0.25) is 0 Å². The molecule has 0 atom stereocenters. The third-order valence-corrected chi connectivity index (χ3v) is 8.57. The van der Waals surface area contributed by atoms with Crippen molar-refractivity contribution in [3.63, 3.8) is 0 Å². The molecule has 0 radical (unpaired) electrons. The van der Waals surface area contributed by atoms with Crippen LogP contribution in [0.2, 0.25) is 0 Å². The number of nitriles is 1. The van der Waals surface area contributed by atoms with Crippen LogP contribution in [0.4, 0.5) is 0 Å². The van der Waals surface area contributed by atoms with E-state index >= 15 is 0 Å². The Bertz CT molecular complexity index is 2340. The summed E-state index contributed by atoms with van der Waals surface area (Å²) in [6.45, 7) is 8.25. The van der Waals surface area contributed by atoms with Crippen LogP contribution in [-0.4, -0.2) is 19.1 Å². The zero-order valence-corrected chi connectivity index (χ0v) is 25.1. The Morgan fingerprint density at radius 3 is 1.45 bits per heavy atom. The molecule has 210 valence electrons. The van der Waals surface area contributed by atoms with Crippen molar-refractivity contribution in [3.05, 3.63) is 131 Å². The second-order valence-corrected chi connectivity index (χ2v) is 11.7. The number of nitrogens with zero attached hydrogens (tertiary/aromatic N) is 5. The van der Waals surface area contributed by atoms with Crippen LogP contribution in [0.25, 0.3) is 66.4 Å². The predicted octanol–water partition coefficient (Wildman–Crippen LogP) is 9.44. The van der Waals surface area contributed by atoms with E-state index in [1.165, 1.54) is 11.1 Å². The molecule has 3 heterocycles. The van der Waals surface area contributed by atoms with Crippen molar-refractivity contribution in [2.24, 2.45) is 0 Å². The fourth-order valence-electron chi connectivity index (χ4n) is 6.78. The second-order valence-electron chi connectivity index (χ2n) is 11.7. The van der Waals surface area contributed by atoms with E-state index in [9.17, 15) is 5.26 Å². The third kappa shape index (κ3) is 3.85. The lowest BCUT2D eigenvalue weighted by molar-refractivity contribution is 1.04. The molecule has 8 rings (SSSR count). The molecule has 5 heteroatoms. The van der Waals surface area contributed by atoms with Gasteiger partial charge in [0.2, 0.25) is 0 Å². The summed E-state index contributed by atoms with van der Waals surface area (Å²) in [5.41, 5.74) is 11.6. The van der Waals surface area contributed by atoms with Crippen LogP contribution in [0, 0.1) is 39.0 Å². The van der Waals surface area contributed by atoms with E-state index in [-0.39, 0.29) is 0 Å². The molecule has 0 saturated carbocycles. The highest BCUT2D eigenvalue weighted by Gasteiger charge is 2.24. The van der Waals surface area contributed by atoms with Gasteiger partial charge in [-0.25, -0.2) is 9.97 Å². The Kier molecular flexibility index (Phi) is 5.69. The van der Waals surface area contributed by atoms with Gasteiger partial charge in [-0.1, -0.05) is 60.7 Å². The Labute approximate surface area is 255 Å². The third-order valence-electron chi connectivity index (χ3n) is 8.57. The number of hydrogen-bond donors (Lipinski definition) is 0. The molecule has 8 aromatic rings. The number of benzene rings is 5. The molecule has 0 aliphatic rings. The summed E-state index contributed by atoms with van der Waals surface area (Å²) in [7, 11) is 0. The summed E-state index contributed by atoms with van der Waals surface area (Å²) in [5.74, 6) is 0.633. The molecule has 3 aromatic heterocycles. The summed E-state index contributed by atoms with van der Waals surface area (Å²) in [4.78, 5) is 10.1. The van der Waals surface area contributed by atoms with Gasteiger partial charge in [-0.15, -0.1) is 0 Å². The molecule has 0 aliphatic carbocycles. The fourth-order valence-corrected chi connectivity index (χ4v) is 6.78. The largest absolute Gasteiger partial charge is 0.308 e. The van der Waals surface area contributed by atoms with E-state index in [1.807, 2.05) is 32.0 Å². The Hall–Kier alpha value is -5.73. The van der Waals surface area contributed by atoms with Crippen LogP contribution in [0.3, 0.4) is 0 Å². The summed E-state index contributed by atoms with van der Waals surface area (Å²) in [6, 6.07) is 38.6. The van der Waals surface area contributed by atoms with Crippen LogP contribution >= 0.6 is 0 Å². The zero-order valence-electron chi connectivity index (χ0n) is 25.1. The topological polar surface area (TPSA) is 59.4 Å². The van der Waals surface area contributed by atoms with E-state index in [0.717, 1.165) is 71.9 Å². The van der Waals surface area contributed by atoms with Gasteiger partial charge in [0.05, 0.1) is 50.6 Å². The molecule has 44 heavy (non-hydrogen) atoms. The lowest BCUT2D eigenvalue weighted by Crippen LogP contribution is -2.07. The zero-order chi connectivity index (χ0) is 30.1. The van der Waals surface area contributed by atoms with Crippen molar-refractivity contribution in [1.29, 1.82) is 5.26 Å². The predicted molar refractivity (Wildman–Crippen MR) is 180 cm³/mol. The molecule has 5 nitrogen and oxygen atoms in total. The number of aromatic nitrogens is 4. The molecule has 0 aliphatic heterocycles. The number of para-hydroxylation sites is 2. The number of fused-ring (bicyclic) bond motifs is 6. The number of aryl methyl sites for hydroxylation is 4. The van der Waals surface area contributed by atoms with Gasteiger partial charge < -0.3 is 9.13 Å². The maximum Gasteiger partial charge on any atom is 0.163 e. The minimum Gasteiger partial charge on any atom is -0.308 e. The summed E-state index contributed by atoms with van der Waals surface area (Å²) in [6.07, 6.45) is 0. The first-order valence-electron chi connectivity index (χ1n) is 14.8. The molecule has 0 spiro atoms. The van der Waals surface area contributed by atoms with Gasteiger partial charge in [0.15, 0.2) is 5.82 Å². The van der Waals surface area contributed by atoms with Crippen LogP contribution in [-0.2, 0) is 0 Å². The highest BCUT2D eigenvalue weighted by Crippen LogP contribution is 2.42. The Balaban J connectivity index is 1.63. The molecule has 0 unspecified atom stereocenters. The van der Waals surface area contributed by atoms with Crippen molar-refractivity contribution in [3.8, 4) is 28.8 Å². The fraction of sp³-hybridized carbons (Fsp3) is 0.103. The van der Waals surface area contributed by atoms with Crippen LogP contribution in [0.5, 0.6) is 0 Å². The summed E-state index contributed by atoms with van der Waals surface area (Å²) >= 11 is 0. The van der Waals surface area contributed by atoms with Crippen LogP contribution in [0.1, 0.15) is 28.1 Å². The second kappa shape index (κ2) is 9.65. The molecule has 0 bridgehead atoms. The van der Waals surface area contributed by atoms with Gasteiger partial charge in [-0.05, 0) is 81.3 Å². The molecular weight excluding hydrogens is 538 g/mol. The van der Waals surface area contributed by atoms with Gasteiger partial charge in [0.1, 0.15) is 0 Å². The number of rotatable bonds is 3. The molecular formula is C39H29N5. The van der Waals surface area contributed by atoms with Crippen molar-refractivity contribution in [2.75, 3.05) is 0 Å². The van der Waals surface area contributed by atoms with E-state index in [0.29, 0.717) is 11.4 Å². The quantitative estimate of drug-likeness (QED) is 0.214. The van der Waals surface area contributed by atoms with Crippen molar-refractivity contribution in [2.45, 2.75) is 27.7 Å². The van der Waals surface area contributed by atoms with E-state index < -0.39 is 0 Å². The maximum atomic E-state index is 10.5. The van der Waals surface area contributed by atoms with E-state index in [1.54, 1.807) is 0 Å². The van der Waals surface area contributed by atoms with Gasteiger partial charge in [0, 0.05) is 32.9 Å². The van der Waals surface area contributed by atoms with Gasteiger partial charge in [-0.2, -0.15) is 5.26 Å². The molecule has 0 amide bonds. The highest BCUT2D eigenvalue weighted by atomic mass is 15.0. The summed E-state index contributed by atoms with van der Waals surface area (Å²) < 4.78 is 4.58. The molecule has 0 fully saturated rings. The van der Waals surface area contributed by atoms with E-state index in [4.69, 9.17) is 9.97 Å². The van der Waals surface area contributed by atoms with Crippen LogP contribution < -0.4 is 0 Å². The standard InChI is InChI=1S/C39H29N5/c1-23-13-15-30-28-9-5-7-11-32(28)43(34(30)17-23)36-20-27(22-40)21-37(38(36)39-41-25(3)19-26(4)42-39)44-33-12-8-6-10-29(33)31-16-14-24(2)18-35(31)44/h5-21H,1-4H3. The molecule has 0 N–H and O–H groups in total. The Morgan fingerprint density at radius 2 is 0.977 bits per heavy atom. The van der Waals surface area contributed by atoms with Crippen LogP contribution in [0.15, 0.2) is 103 Å². The average Bonchev–Trinajstić information content (AvgIpc) is 3.51. The smallest absolute Gasteiger partial charge is 0.163 e. The molecule has 0 saturated heterocycles. The van der Waals surface area contributed by atoms with E-state index in [2.05, 4.69) is 114 Å². The normalized spacial score (nSPS) is 11.6. The minimum absolute atomic E-state index is 0.570. The minimum atomic E-state index is 0.570. The van der Waals surface area contributed by atoms with Gasteiger partial charge in [0.25, 0.3) is 0 Å². The average molecular weight is 568 g/mol. The molecule has 5 aromatic carbocycles. The lowest BCUT2D eigenvalue weighted by Gasteiger charge is -2.20. The van der Waals surface area contributed by atoms with Crippen molar-refractivity contribution < 1.29 is 0 Å². The van der Waals surface area contributed by atoms with Gasteiger partial charge >= 0.3 is 0 Å². The Morgan fingerprint density at radius 1 is 0.523 bits per heavy atom. The summed E-state index contributed by atoms with van der Waals surface area (Å²) in [5, 5.41) is 15.1. The van der Waals surface area contributed by atoms with Crippen molar-refractivity contribution >= 4 is 43.6 Å². The maximum absolute atomic E-state index is 10.5.